The van der Waals surface area contributed by atoms with E-state index in [2.05, 4.69) is 28.2 Å². The van der Waals surface area contributed by atoms with Crippen LogP contribution in [0.3, 0.4) is 0 Å². The number of nitrogens with one attached hydrogen (secondary N) is 1. The first-order valence-corrected chi connectivity index (χ1v) is 7.92. The van der Waals surface area contributed by atoms with E-state index >= 15 is 0 Å². The molecule has 17 heavy (non-hydrogen) atoms. The molecule has 0 bridgehead atoms. The van der Waals surface area contributed by atoms with Crippen molar-refractivity contribution in [1.29, 1.82) is 0 Å². The van der Waals surface area contributed by atoms with E-state index in [1.54, 1.807) is 11.8 Å². The first kappa shape index (κ1) is 14.6. The third-order valence-electron chi connectivity index (χ3n) is 2.84. The predicted molar refractivity (Wildman–Crippen MR) is 78.2 cm³/mol. The van der Waals surface area contributed by atoms with Crippen LogP contribution >= 0.6 is 27.7 Å². The number of carbonyl (C=O) groups excluding carboxylic acids is 1. The van der Waals surface area contributed by atoms with E-state index in [-0.39, 0.29) is 11.4 Å². The Morgan fingerprint density at radius 1 is 1.47 bits per heavy atom. The van der Waals surface area contributed by atoms with E-state index in [0.717, 1.165) is 22.2 Å². The van der Waals surface area contributed by atoms with Crippen molar-refractivity contribution in [2.24, 2.45) is 0 Å². The number of alkyl halides is 1. The van der Waals surface area contributed by atoms with Crippen LogP contribution in [0.25, 0.3) is 0 Å². The van der Waals surface area contributed by atoms with Crippen molar-refractivity contribution < 1.29 is 4.79 Å². The van der Waals surface area contributed by atoms with Crippen molar-refractivity contribution in [2.45, 2.75) is 30.7 Å². The van der Waals surface area contributed by atoms with Crippen LogP contribution in [-0.2, 0) is 0 Å². The van der Waals surface area contributed by atoms with Crippen LogP contribution in [0, 0.1) is 0 Å². The van der Waals surface area contributed by atoms with Crippen molar-refractivity contribution in [3.63, 3.8) is 0 Å². The van der Waals surface area contributed by atoms with Gasteiger partial charge in [0.05, 0.1) is 5.56 Å². The summed E-state index contributed by atoms with van der Waals surface area (Å²) in [6.07, 6.45) is 2.88. The van der Waals surface area contributed by atoms with Gasteiger partial charge < -0.3 is 5.32 Å². The number of thioether (sulfide) groups is 1. The lowest BCUT2D eigenvalue weighted by Crippen LogP contribution is -2.47. The Balaban J connectivity index is 2.90. The summed E-state index contributed by atoms with van der Waals surface area (Å²) in [5.41, 5.74) is 0.559. The molecule has 1 atom stereocenters. The topological polar surface area (TPSA) is 29.1 Å². The van der Waals surface area contributed by atoms with E-state index in [9.17, 15) is 4.79 Å². The van der Waals surface area contributed by atoms with E-state index in [4.69, 9.17) is 0 Å². The molecule has 1 aromatic rings. The summed E-state index contributed by atoms with van der Waals surface area (Å²) < 4.78 is 0. The highest BCUT2D eigenvalue weighted by Crippen LogP contribution is 2.21. The average molecular weight is 316 g/mol. The molecule has 94 valence electrons. The second kappa shape index (κ2) is 6.45. The van der Waals surface area contributed by atoms with Gasteiger partial charge in [-0.15, -0.1) is 11.8 Å². The van der Waals surface area contributed by atoms with Crippen LogP contribution in [0.1, 0.15) is 30.6 Å². The normalized spacial score (nSPS) is 14.1. The summed E-state index contributed by atoms with van der Waals surface area (Å²) in [4.78, 5) is 13.2. The summed E-state index contributed by atoms with van der Waals surface area (Å²) in [6, 6.07) is 7.68. The van der Waals surface area contributed by atoms with Gasteiger partial charge >= 0.3 is 0 Å². The van der Waals surface area contributed by atoms with Gasteiger partial charge in [0.25, 0.3) is 5.91 Å². The monoisotopic (exact) mass is 315 g/mol. The Labute approximate surface area is 116 Å². The molecule has 0 aromatic heterocycles. The number of hydrogen-bond donors (Lipinski definition) is 1. The summed E-state index contributed by atoms with van der Waals surface area (Å²) in [5, 5.41) is 3.84. The molecule has 1 rings (SSSR count). The van der Waals surface area contributed by atoms with Crippen LogP contribution in [-0.4, -0.2) is 23.0 Å². The van der Waals surface area contributed by atoms with E-state index in [1.165, 1.54) is 0 Å². The second-order valence-corrected chi connectivity index (χ2v) is 5.61. The Hall–Kier alpha value is -0.480. The molecule has 1 amide bonds. The molecule has 0 spiro atoms. The van der Waals surface area contributed by atoms with Crippen LogP contribution in [0.15, 0.2) is 29.2 Å². The van der Waals surface area contributed by atoms with Crippen molar-refractivity contribution in [3.8, 4) is 0 Å². The zero-order chi connectivity index (χ0) is 12.9. The van der Waals surface area contributed by atoms with Crippen LogP contribution in [0.5, 0.6) is 0 Å². The fourth-order valence-electron chi connectivity index (χ4n) is 1.39. The lowest BCUT2D eigenvalue weighted by molar-refractivity contribution is 0.0910. The Bertz CT molecular complexity index is 391. The minimum Gasteiger partial charge on any atom is -0.346 e. The minimum atomic E-state index is -0.192. The predicted octanol–water partition coefficient (Wildman–Crippen LogP) is 3.70. The van der Waals surface area contributed by atoms with Crippen molar-refractivity contribution >= 4 is 33.6 Å². The van der Waals surface area contributed by atoms with Gasteiger partial charge in [0.2, 0.25) is 0 Å². The summed E-state index contributed by atoms with van der Waals surface area (Å²) in [7, 11) is 0. The fraction of sp³-hybridized carbons (Fsp3) is 0.462. The standard InChI is InChI=1S/C13H18BrNOS/c1-4-13(2,9-14)15-12(16)10-7-5-6-8-11(10)17-3/h5-8H,4,9H2,1-3H3,(H,15,16). The number of hydrogen-bond acceptors (Lipinski definition) is 2. The van der Waals surface area contributed by atoms with Crippen molar-refractivity contribution in [2.75, 3.05) is 11.6 Å². The SMILES string of the molecule is CCC(C)(CBr)NC(=O)c1ccccc1SC. The molecule has 0 saturated carbocycles. The van der Waals surface area contributed by atoms with Crippen LogP contribution < -0.4 is 5.32 Å². The number of rotatable bonds is 5. The molecule has 0 saturated heterocycles. The molecule has 0 aliphatic heterocycles. The molecule has 0 aliphatic rings. The molecule has 4 heteroatoms. The first-order valence-electron chi connectivity index (χ1n) is 5.58. The molecule has 0 fully saturated rings. The van der Waals surface area contributed by atoms with Crippen molar-refractivity contribution in [1.82, 2.24) is 5.32 Å². The molecular formula is C13H18BrNOS. The minimum absolute atomic E-state index is 0.00116. The Morgan fingerprint density at radius 3 is 2.65 bits per heavy atom. The fourth-order valence-corrected chi connectivity index (χ4v) is 2.52. The van der Waals surface area contributed by atoms with E-state index < -0.39 is 0 Å². The quantitative estimate of drug-likeness (QED) is 0.663. The van der Waals surface area contributed by atoms with Gasteiger partial charge in [0.15, 0.2) is 0 Å². The number of halogens is 1. The molecule has 1 aromatic carbocycles. The lowest BCUT2D eigenvalue weighted by atomic mass is 10.0. The van der Waals surface area contributed by atoms with Gasteiger partial charge in [-0.1, -0.05) is 35.0 Å². The number of carbonyl (C=O) groups is 1. The van der Waals surface area contributed by atoms with Gasteiger partial charge in [0.1, 0.15) is 0 Å². The molecule has 1 unspecified atom stereocenters. The highest BCUT2D eigenvalue weighted by Gasteiger charge is 2.24. The van der Waals surface area contributed by atoms with E-state index in [0.29, 0.717) is 0 Å². The highest BCUT2D eigenvalue weighted by molar-refractivity contribution is 9.09. The maximum absolute atomic E-state index is 12.2. The zero-order valence-electron chi connectivity index (χ0n) is 10.4. The van der Waals surface area contributed by atoms with Gasteiger partial charge in [-0.3, -0.25) is 4.79 Å². The second-order valence-electron chi connectivity index (χ2n) is 4.20. The highest BCUT2D eigenvalue weighted by atomic mass is 79.9. The van der Waals surface area contributed by atoms with Gasteiger partial charge in [-0.05, 0) is 31.7 Å². The first-order chi connectivity index (χ1) is 8.06. The van der Waals surface area contributed by atoms with Gasteiger partial charge in [-0.25, -0.2) is 0 Å². The summed E-state index contributed by atoms with van der Waals surface area (Å²) >= 11 is 5.04. The Kier molecular flexibility index (Phi) is 5.53. The number of benzene rings is 1. The Morgan fingerprint density at radius 2 is 2.12 bits per heavy atom. The zero-order valence-corrected chi connectivity index (χ0v) is 12.8. The van der Waals surface area contributed by atoms with Gasteiger partial charge in [0, 0.05) is 15.8 Å². The molecule has 2 nitrogen and oxygen atoms in total. The molecule has 1 N–H and O–H groups in total. The summed E-state index contributed by atoms with van der Waals surface area (Å²) in [5.74, 6) is -0.00116. The smallest absolute Gasteiger partial charge is 0.252 e. The summed E-state index contributed by atoms with van der Waals surface area (Å²) in [6.45, 7) is 4.11. The van der Waals surface area contributed by atoms with E-state index in [1.807, 2.05) is 37.4 Å². The lowest BCUT2D eigenvalue weighted by Gasteiger charge is -2.27. The third-order valence-corrected chi connectivity index (χ3v) is 4.88. The molecule has 0 radical (unpaired) electrons. The van der Waals surface area contributed by atoms with Gasteiger partial charge in [-0.2, -0.15) is 0 Å². The maximum atomic E-state index is 12.2. The molecule has 0 heterocycles. The maximum Gasteiger partial charge on any atom is 0.252 e. The van der Waals surface area contributed by atoms with Crippen LogP contribution in [0.2, 0.25) is 0 Å². The molecule has 0 aliphatic carbocycles. The largest absolute Gasteiger partial charge is 0.346 e. The molecular weight excluding hydrogens is 298 g/mol. The van der Waals surface area contributed by atoms with Crippen molar-refractivity contribution in [3.05, 3.63) is 29.8 Å². The number of amides is 1. The van der Waals surface area contributed by atoms with Crippen LogP contribution in [0.4, 0.5) is 0 Å². The third kappa shape index (κ3) is 3.75. The average Bonchev–Trinajstić information content (AvgIpc) is 2.38.